The van der Waals surface area contributed by atoms with Gasteiger partial charge in [0, 0.05) is 12.6 Å². The number of para-hydroxylation sites is 1. The number of rotatable bonds is 9. The molecule has 0 spiro atoms. The molecule has 278 valence electrons. The number of benzene rings is 2. The molecule has 0 unspecified atom stereocenters. The standard InChI is InChI=1S/C33H39NO17/c1-12-21(38)24(41)26(43)32(48-12)47-11-19-22(39)25(42)27(44)33(49-19)51-30-23(40)20-18(37)9-17(36)14(10-34-8-4-6-15(34)31(45)46)28(20)50-29(30)13-5-2-3-7-16(13)35/h2-3,5,7,9,12,15,19,21-22,24-27,32-33,35-39,41-44H,4,6,8,10-11H2,1H3,(H,45,46)/t12-,15-,19+,21+,22+,24-,25-,26-,27+,32-,33-/m1/s1. The van der Waals surface area contributed by atoms with Crippen LogP contribution >= 0.6 is 0 Å². The zero-order chi connectivity index (χ0) is 36.9. The van der Waals surface area contributed by atoms with Gasteiger partial charge in [-0.2, -0.15) is 0 Å². The van der Waals surface area contributed by atoms with Gasteiger partial charge >= 0.3 is 5.97 Å². The Morgan fingerprint density at radius 3 is 2.27 bits per heavy atom. The van der Waals surface area contributed by atoms with E-state index >= 15 is 0 Å². The molecule has 10 N–H and O–H groups in total. The van der Waals surface area contributed by atoms with Crippen molar-refractivity contribution in [2.45, 2.75) is 93.8 Å². The SMILES string of the molecule is C[C@H]1O[C@@H](OC[C@@H]2O[C@H](Oc3c(-c4ccccc4O)oc4c(CN5CCC[C@@H]5C(=O)O)c(O)cc(O)c4c3=O)[C@@H](O)[C@H](O)[C@H]2O)[C@H](O)[C@H](O)[C@H]1O. The van der Waals surface area contributed by atoms with Crippen LogP contribution in [0.25, 0.3) is 22.3 Å². The highest BCUT2D eigenvalue weighted by molar-refractivity contribution is 5.91. The molecule has 1 aromatic heterocycles. The van der Waals surface area contributed by atoms with Gasteiger partial charge in [-0.25, -0.2) is 0 Å². The number of carboxylic acids is 1. The molecule has 3 saturated heterocycles. The summed E-state index contributed by atoms with van der Waals surface area (Å²) < 4.78 is 28.5. The van der Waals surface area contributed by atoms with Gasteiger partial charge in [0.1, 0.15) is 71.4 Å². The van der Waals surface area contributed by atoms with Crippen LogP contribution in [0.15, 0.2) is 39.5 Å². The second-order valence-corrected chi connectivity index (χ2v) is 12.8. The minimum absolute atomic E-state index is 0.0416. The maximum Gasteiger partial charge on any atom is 0.320 e. The molecule has 18 nitrogen and oxygen atoms in total. The van der Waals surface area contributed by atoms with E-state index in [1.807, 2.05) is 0 Å². The van der Waals surface area contributed by atoms with E-state index < -0.39 is 120 Å². The molecule has 4 heterocycles. The minimum Gasteiger partial charge on any atom is -0.507 e. The largest absolute Gasteiger partial charge is 0.507 e. The van der Waals surface area contributed by atoms with E-state index in [1.54, 1.807) is 4.90 Å². The van der Waals surface area contributed by atoms with Crippen LogP contribution in [-0.4, -0.2) is 143 Å². The van der Waals surface area contributed by atoms with Crippen LogP contribution < -0.4 is 10.2 Å². The number of aliphatic carboxylic acids is 1. The molecule has 6 rings (SSSR count). The summed E-state index contributed by atoms with van der Waals surface area (Å²) in [5.41, 5.74) is -1.58. The summed E-state index contributed by atoms with van der Waals surface area (Å²) in [5, 5.41) is 104. The maximum atomic E-state index is 14.2. The first kappa shape index (κ1) is 36.7. The van der Waals surface area contributed by atoms with Crippen molar-refractivity contribution in [2.24, 2.45) is 0 Å². The van der Waals surface area contributed by atoms with Crippen LogP contribution in [-0.2, 0) is 25.5 Å². The van der Waals surface area contributed by atoms with Gasteiger partial charge in [0.15, 0.2) is 17.6 Å². The smallest absolute Gasteiger partial charge is 0.320 e. The summed E-state index contributed by atoms with van der Waals surface area (Å²) in [6, 6.07) is 5.57. The summed E-state index contributed by atoms with van der Waals surface area (Å²) in [6.45, 7) is 0.940. The van der Waals surface area contributed by atoms with E-state index in [0.29, 0.717) is 19.4 Å². The van der Waals surface area contributed by atoms with Crippen LogP contribution in [0.2, 0.25) is 0 Å². The molecular weight excluding hydrogens is 682 g/mol. The second kappa shape index (κ2) is 14.5. The van der Waals surface area contributed by atoms with Crippen molar-refractivity contribution < 1.29 is 79.2 Å². The number of nitrogens with zero attached hydrogens (tertiary/aromatic N) is 1. The predicted octanol–water partition coefficient (Wildman–Crippen LogP) is -1.34. The number of carbonyl (C=O) groups is 1. The normalized spacial score (nSPS) is 33.0. The molecule has 0 saturated carbocycles. The van der Waals surface area contributed by atoms with Gasteiger partial charge in [-0.3, -0.25) is 14.5 Å². The number of likely N-dealkylation sites (tertiary alicyclic amines) is 1. The van der Waals surface area contributed by atoms with Gasteiger partial charge in [-0.05, 0) is 38.4 Å². The van der Waals surface area contributed by atoms with Gasteiger partial charge in [0.2, 0.25) is 17.5 Å². The number of phenols is 3. The number of phenolic OH excluding ortho intramolecular Hbond substituents is 3. The fourth-order valence-corrected chi connectivity index (χ4v) is 6.58. The van der Waals surface area contributed by atoms with E-state index in [0.717, 1.165) is 6.07 Å². The van der Waals surface area contributed by atoms with Crippen molar-refractivity contribution in [3.05, 3.63) is 46.1 Å². The van der Waals surface area contributed by atoms with Crippen molar-refractivity contribution >= 4 is 16.9 Å². The Balaban J connectivity index is 1.38. The Morgan fingerprint density at radius 2 is 1.57 bits per heavy atom. The van der Waals surface area contributed by atoms with Crippen LogP contribution in [0.3, 0.4) is 0 Å². The molecule has 3 aliphatic heterocycles. The van der Waals surface area contributed by atoms with Gasteiger partial charge in [-0.1, -0.05) is 12.1 Å². The lowest BCUT2D eigenvalue weighted by Crippen LogP contribution is -2.61. The molecule has 0 amide bonds. The van der Waals surface area contributed by atoms with Crippen molar-refractivity contribution in [2.75, 3.05) is 13.2 Å². The topological polar surface area (TPSA) is 290 Å². The van der Waals surface area contributed by atoms with Crippen LogP contribution in [0, 0.1) is 0 Å². The third kappa shape index (κ3) is 6.83. The van der Waals surface area contributed by atoms with Gasteiger partial charge in [-0.15, -0.1) is 0 Å². The van der Waals surface area contributed by atoms with Gasteiger partial charge in [0.25, 0.3) is 0 Å². The van der Waals surface area contributed by atoms with E-state index in [-0.39, 0.29) is 23.3 Å². The molecule has 0 aliphatic carbocycles. The third-order valence-electron chi connectivity index (χ3n) is 9.48. The van der Waals surface area contributed by atoms with Crippen LogP contribution in [0.1, 0.15) is 25.3 Å². The molecule has 0 radical (unpaired) electrons. The van der Waals surface area contributed by atoms with Crippen LogP contribution in [0.4, 0.5) is 0 Å². The first-order chi connectivity index (χ1) is 24.2. The number of hydrogen-bond donors (Lipinski definition) is 10. The first-order valence-electron chi connectivity index (χ1n) is 16.2. The van der Waals surface area contributed by atoms with E-state index in [1.165, 1.54) is 31.2 Å². The molecule has 11 atom stereocenters. The average Bonchev–Trinajstić information content (AvgIpc) is 3.57. The molecular formula is C33H39NO17. The van der Waals surface area contributed by atoms with E-state index in [2.05, 4.69) is 0 Å². The fourth-order valence-electron chi connectivity index (χ4n) is 6.58. The first-order valence-corrected chi connectivity index (χ1v) is 16.2. The van der Waals surface area contributed by atoms with Crippen molar-refractivity contribution in [3.63, 3.8) is 0 Å². The highest BCUT2D eigenvalue weighted by Gasteiger charge is 2.48. The molecule has 51 heavy (non-hydrogen) atoms. The van der Waals surface area contributed by atoms with Crippen molar-refractivity contribution in [1.82, 2.24) is 4.90 Å². The summed E-state index contributed by atoms with van der Waals surface area (Å²) in [4.78, 5) is 27.6. The number of aromatic hydroxyl groups is 3. The second-order valence-electron chi connectivity index (χ2n) is 12.8. The summed E-state index contributed by atoms with van der Waals surface area (Å²) in [6.07, 6.45) is -15.6. The third-order valence-corrected chi connectivity index (χ3v) is 9.48. The number of fused-ring (bicyclic) bond motifs is 1. The highest BCUT2D eigenvalue weighted by Crippen LogP contribution is 2.42. The molecule has 0 bridgehead atoms. The van der Waals surface area contributed by atoms with Gasteiger partial charge < -0.3 is 74.4 Å². The lowest BCUT2D eigenvalue weighted by atomic mass is 9.98. The minimum atomic E-state index is -2.01. The monoisotopic (exact) mass is 721 g/mol. The number of carboxylic acid groups (broad SMARTS) is 1. The van der Waals surface area contributed by atoms with Gasteiger partial charge in [0.05, 0.1) is 23.8 Å². The molecule has 18 heteroatoms. The molecule has 3 fully saturated rings. The maximum absolute atomic E-state index is 14.2. The highest BCUT2D eigenvalue weighted by atomic mass is 16.7. The van der Waals surface area contributed by atoms with E-state index in [9.17, 15) is 60.7 Å². The quantitative estimate of drug-likeness (QED) is 0.122. The summed E-state index contributed by atoms with van der Waals surface area (Å²) in [5.74, 6) is -3.93. The fraction of sp³-hybridized carbons (Fsp3) is 0.515. The molecule has 3 aromatic rings. The summed E-state index contributed by atoms with van der Waals surface area (Å²) in [7, 11) is 0. The Morgan fingerprint density at radius 1 is 0.882 bits per heavy atom. The van der Waals surface area contributed by atoms with Crippen LogP contribution in [0.5, 0.6) is 23.0 Å². The zero-order valence-corrected chi connectivity index (χ0v) is 27.1. The number of aliphatic hydroxyl groups excluding tert-OH is 6. The Kier molecular flexibility index (Phi) is 10.4. The molecule has 3 aliphatic rings. The Labute approximate surface area is 288 Å². The number of hydrogen-bond acceptors (Lipinski definition) is 17. The molecule has 2 aromatic carbocycles. The van der Waals surface area contributed by atoms with Crippen molar-refractivity contribution in [1.29, 1.82) is 0 Å². The lowest BCUT2D eigenvalue weighted by molar-refractivity contribution is -0.318. The van der Waals surface area contributed by atoms with E-state index in [4.69, 9.17) is 23.4 Å². The summed E-state index contributed by atoms with van der Waals surface area (Å²) >= 11 is 0. The zero-order valence-electron chi connectivity index (χ0n) is 27.1. The Bertz CT molecular complexity index is 1820. The lowest BCUT2D eigenvalue weighted by Gasteiger charge is -2.42. The number of ether oxygens (including phenoxy) is 4. The Hall–Kier alpha value is -4.08. The predicted molar refractivity (Wildman–Crippen MR) is 170 cm³/mol. The van der Waals surface area contributed by atoms with Crippen molar-refractivity contribution in [3.8, 4) is 34.3 Å². The average molecular weight is 722 g/mol. The number of aliphatic hydroxyl groups is 6.